The van der Waals surface area contributed by atoms with E-state index >= 15 is 0 Å². The van der Waals surface area contributed by atoms with E-state index in [0.29, 0.717) is 17.0 Å². The number of nitrogens with one attached hydrogen (secondary N) is 1. The normalized spacial score (nSPS) is 12.0. The standard InChI is InChI=1S/C15H19N3O2S/c1-4-13-8-17-15(21-13)9(2)18-14(19)10-5-11(16)7-12(6-10)20-3/h5-9H,4,16H2,1-3H3,(H,18,19). The minimum Gasteiger partial charge on any atom is -0.497 e. The maximum absolute atomic E-state index is 12.3. The number of aromatic nitrogens is 1. The predicted molar refractivity (Wildman–Crippen MR) is 84.8 cm³/mol. The number of anilines is 1. The number of carbonyl (C=O) groups is 1. The largest absolute Gasteiger partial charge is 0.497 e. The first-order chi connectivity index (χ1) is 10.0. The summed E-state index contributed by atoms with van der Waals surface area (Å²) >= 11 is 1.61. The summed E-state index contributed by atoms with van der Waals surface area (Å²) in [6, 6.07) is 4.83. The number of carbonyl (C=O) groups excluding carboxylic acids is 1. The van der Waals surface area contributed by atoms with Crippen molar-refractivity contribution in [2.75, 3.05) is 12.8 Å². The van der Waals surface area contributed by atoms with Gasteiger partial charge in [0.25, 0.3) is 5.91 Å². The second kappa shape index (κ2) is 6.58. The maximum Gasteiger partial charge on any atom is 0.252 e. The van der Waals surface area contributed by atoms with Crippen LogP contribution in [0, 0.1) is 0 Å². The van der Waals surface area contributed by atoms with Gasteiger partial charge in [0.1, 0.15) is 10.8 Å². The number of nitrogen functional groups attached to an aromatic ring is 1. The Bertz CT molecular complexity index is 640. The van der Waals surface area contributed by atoms with Crippen LogP contribution in [0.1, 0.15) is 40.1 Å². The van der Waals surface area contributed by atoms with Crippen molar-refractivity contribution in [3.05, 3.63) is 39.8 Å². The molecule has 1 aromatic heterocycles. The number of ether oxygens (including phenoxy) is 1. The number of nitrogens with zero attached hydrogens (tertiary/aromatic N) is 1. The van der Waals surface area contributed by atoms with Crippen LogP contribution in [0.15, 0.2) is 24.4 Å². The van der Waals surface area contributed by atoms with Gasteiger partial charge < -0.3 is 15.8 Å². The summed E-state index contributed by atoms with van der Waals surface area (Å²) in [5.74, 6) is 0.372. The van der Waals surface area contributed by atoms with Crippen molar-refractivity contribution in [3.63, 3.8) is 0 Å². The van der Waals surface area contributed by atoms with Crippen LogP contribution in [-0.4, -0.2) is 18.0 Å². The maximum atomic E-state index is 12.3. The van der Waals surface area contributed by atoms with Gasteiger partial charge in [-0.25, -0.2) is 4.98 Å². The molecule has 0 fully saturated rings. The number of nitrogens with two attached hydrogens (primary N) is 1. The summed E-state index contributed by atoms with van der Waals surface area (Å²) in [5.41, 5.74) is 6.74. The highest BCUT2D eigenvalue weighted by Crippen LogP contribution is 2.22. The van der Waals surface area contributed by atoms with E-state index in [4.69, 9.17) is 10.5 Å². The van der Waals surface area contributed by atoms with Gasteiger partial charge in [0, 0.05) is 28.4 Å². The first-order valence-corrected chi connectivity index (χ1v) is 7.55. The van der Waals surface area contributed by atoms with Crippen LogP contribution in [-0.2, 0) is 6.42 Å². The number of amides is 1. The summed E-state index contributed by atoms with van der Waals surface area (Å²) in [4.78, 5) is 17.8. The molecule has 0 spiro atoms. The summed E-state index contributed by atoms with van der Waals surface area (Å²) in [7, 11) is 1.54. The molecule has 1 heterocycles. The first-order valence-electron chi connectivity index (χ1n) is 6.73. The molecule has 1 amide bonds. The van der Waals surface area contributed by atoms with E-state index in [1.165, 1.54) is 4.88 Å². The molecule has 1 atom stereocenters. The van der Waals surface area contributed by atoms with Crippen LogP contribution >= 0.6 is 11.3 Å². The third-order valence-corrected chi connectivity index (χ3v) is 4.39. The lowest BCUT2D eigenvalue weighted by atomic mass is 10.1. The minimum atomic E-state index is -0.193. The second-order valence-corrected chi connectivity index (χ2v) is 5.86. The van der Waals surface area contributed by atoms with E-state index in [1.54, 1.807) is 36.6 Å². The summed E-state index contributed by atoms with van der Waals surface area (Å²) < 4.78 is 5.12. The fourth-order valence-electron chi connectivity index (χ4n) is 1.90. The Morgan fingerprint density at radius 3 is 2.86 bits per heavy atom. The Balaban J connectivity index is 2.11. The van der Waals surface area contributed by atoms with Crippen molar-refractivity contribution >= 4 is 22.9 Å². The molecule has 0 radical (unpaired) electrons. The molecule has 112 valence electrons. The van der Waals surface area contributed by atoms with Crippen LogP contribution < -0.4 is 15.8 Å². The number of rotatable bonds is 5. The SMILES string of the molecule is CCc1cnc(C(C)NC(=O)c2cc(N)cc(OC)c2)s1. The van der Waals surface area contributed by atoms with Crippen molar-refractivity contribution in [2.24, 2.45) is 0 Å². The van der Waals surface area contributed by atoms with Gasteiger partial charge >= 0.3 is 0 Å². The van der Waals surface area contributed by atoms with E-state index in [9.17, 15) is 4.79 Å². The molecule has 5 nitrogen and oxygen atoms in total. The predicted octanol–water partition coefficient (Wildman–Crippen LogP) is 2.79. The zero-order valence-electron chi connectivity index (χ0n) is 12.3. The van der Waals surface area contributed by atoms with E-state index in [2.05, 4.69) is 17.2 Å². The van der Waals surface area contributed by atoms with Crippen molar-refractivity contribution in [1.82, 2.24) is 10.3 Å². The Labute approximate surface area is 128 Å². The molecule has 0 bridgehead atoms. The summed E-state index contributed by atoms with van der Waals surface area (Å²) in [6.07, 6.45) is 2.80. The van der Waals surface area contributed by atoms with Gasteiger partial charge in [-0.3, -0.25) is 4.79 Å². The van der Waals surface area contributed by atoms with Gasteiger partial charge in [-0.1, -0.05) is 6.92 Å². The van der Waals surface area contributed by atoms with Gasteiger partial charge in [-0.15, -0.1) is 11.3 Å². The smallest absolute Gasteiger partial charge is 0.252 e. The minimum absolute atomic E-state index is 0.143. The average molecular weight is 305 g/mol. The van der Waals surface area contributed by atoms with E-state index in [-0.39, 0.29) is 11.9 Å². The zero-order valence-corrected chi connectivity index (χ0v) is 13.2. The van der Waals surface area contributed by atoms with Gasteiger partial charge in [-0.2, -0.15) is 0 Å². The van der Waals surface area contributed by atoms with E-state index in [0.717, 1.165) is 11.4 Å². The number of hydrogen-bond donors (Lipinski definition) is 2. The summed E-state index contributed by atoms with van der Waals surface area (Å²) in [5, 5.41) is 3.83. The van der Waals surface area contributed by atoms with Gasteiger partial charge in [0.05, 0.1) is 13.2 Å². The molecule has 0 aliphatic carbocycles. The molecule has 0 aliphatic rings. The molecule has 3 N–H and O–H groups in total. The van der Waals surface area contributed by atoms with Gasteiger partial charge in [0.2, 0.25) is 0 Å². The molecule has 6 heteroatoms. The molecule has 1 unspecified atom stereocenters. The highest BCUT2D eigenvalue weighted by atomic mass is 32.1. The zero-order chi connectivity index (χ0) is 15.4. The molecule has 0 saturated heterocycles. The second-order valence-electron chi connectivity index (χ2n) is 4.71. The fourth-order valence-corrected chi connectivity index (χ4v) is 2.76. The van der Waals surface area contributed by atoms with Gasteiger partial charge in [0.15, 0.2) is 0 Å². The van der Waals surface area contributed by atoms with Crippen molar-refractivity contribution in [3.8, 4) is 5.75 Å². The lowest BCUT2D eigenvalue weighted by molar-refractivity contribution is 0.0939. The van der Waals surface area contributed by atoms with Crippen LogP contribution in [0.4, 0.5) is 5.69 Å². The fraction of sp³-hybridized carbons (Fsp3) is 0.333. The lowest BCUT2D eigenvalue weighted by Gasteiger charge is -2.12. The van der Waals surface area contributed by atoms with Crippen LogP contribution in [0.5, 0.6) is 5.75 Å². The van der Waals surface area contributed by atoms with Crippen molar-refractivity contribution < 1.29 is 9.53 Å². The number of aryl methyl sites for hydroxylation is 1. The number of thiazole rings is 1. The molecule has 2 aromatic rings. The number of benzene rings is 1. The topological polar surface area (TPSA) is 77.2 Å². The Hall–Kier alpha value is -2.08. The number of hydrogen-bond acceptors (Lipinski definition) is 5. The third kappa shape index (κ3) is 3.72. The third-order valence-electron chi connectivity index (χ3n) is 3.06. The monoisotopic (exact) mass is 305 g/mol. The Morgan fingerprint density at radius 1 is 1.48 bits per heavy atom. The molecule has 2 rings (SSSR count). The van der Waals surface area contributed by atoms with Crippen molar-refractivity contribution in [1.29, 1.82) is 0 Å². The molecule has 0 saturated carbocycles. The highest BCUT2D eigenvalue weighted by Gasteiger charge is 2.15. The molecule has 0 aliphatic heterocycles. The molecule has 1 aromatic carbocycles. The van der Waals surface area contributed by atoms with Crippen molar-refractivity contribution in [2.45, 2.75) is 26.3 Å². The van der Waals surface area contributed by atoms with Crippen LogP contribution in [0.2, 0.25) is 0 Å². The van der Waals surface area contributed by atoms with E-state index in [1.807, 2.05) is 13.1 Å². The van der Waals surface area contributed by atoms with Crippen LogP contribution in [0.3, 0.4) is 0 Å². The summed E-state index contributed by atoms with van der Waals surface area (Å²) in [6.45, 7) is 4.00. The molecule has 21 heavy (non-hydrogen) atoms. The lowest BCUT2D eigenvalue weighted by Crippen LogP contribution is -2.26. The first kappa shape index (κ1) is 15.3. The molecular weight excluding hydrogens is 286 g/mol. The van der Waals surface area contributed by atoms with E-state index < -0.39 is 0 Å². The molecular formula is C15H19N3O2S. The van der Waals surface area contributed by atoms with Gasteiger partial charge in [-0.05, 0) is 25.5 Å². The van der Waals surface area contributed by atoms with Crippen LogP contribution in [0.25, 0.3) is 0 Å². The highest BCUT2D eigenvalue weighted by molar-refractivity contribution is 7.11. The number of methoxy groups -OCH3 is 1. The average Bonchev–Trinajstić information content (AvgIpc) is 2.95. The quantitative estimate of drug-likeness (QED) is 0.833. The Morgan fingerprint density at radius 2 is 2.24 bits per heavy atom. The Kier molecular flexibility index (Phi) is 4.80.